The molecule has 0 aliphatic heterocycles. The maximum atomic E-state index is 11.1. The molecule has 13 heavy (non-hydrogen) atoms. The van der Waals surface area contributed by atoms with Crippen molar-refractivity contribution in [3.8, 4) is 12.3 Å². The highest BCUT2D eigenvalue weighted by Gasteiger charge is 2.29. The van der Waals surface area contributed by atoms with Gasteiger partial charge in [0.15, 0.2) is 5.54 Å². The third-order valence-electron chi connectivity index (χ3n) is 1.48. The van der Waals surface area contributed by atoms with Gasteiger partial charge in [-0.2, -0.15) is 0 Å². The van der Waals surface area contributed by atoms with Gasteiger partial charge in [-0.15, -0.1) is 6.42 Å². The van der Waals surface area contributed by atoms with Crippen LogP contribution in [0.5, 0.6) is 0 Å². The van der Waals surface area contributed by atoms with Crippen LogP contribution in [0.4, 0.5) is 0 Å². The minimum absolute atomic E-state index is 0.484. The van der Waals surface area contributed by atoms with Gasteiger partial charge in [0.1, 0.15) is 0 Å². The minimum atomic E-state index is -1.47. The van der Waals surface area contributed by atoms with Gasteiger partial charge in [0.05, 0.1) is 7.11 Å². The predicted molar refractivity (Wildman–Crippen MR) is 50.6 cm³/mol. The summed E-state index contributed by atoms with van der Waals surface area (Å²) in [5.41, 5.74) is 9.33. The molecule has 0 aromatic heterocycles. The first-order chi connectivity index (χ1) is 6.10. The van der Waals surface area contributed by atoms with Crippen molar-refractivity contribution in [3.63, 3.8) is 0 Å². The molecule has 0 aromatic carbocycles. The highest BCUT2D eigenvalue weighted by Crippen LogP contribution is 2.04. The molecule has 0 aliphatic rings. The Hall–Kier alpha value is -1.31. The molecule has 0 spiro atoms. The first-order valence-corrected chi connectivity index (χ1v) is 3.83. The SMILES string of the molecule is C#CC(N)(C=CCCN)C(=O)OC. The Morgan fingerprint density at radius 2 is 2.38 bits per heavy atom. The highest BCUT2D eigenvalue weighted by atomic mass is 16.5. The molecule has 0 radical (unpaired) electrons. The van der Waals surface area contributed by atoms with Gasteiger partial charge in [-0.05, 0) is 19.0 Å². The van der Waals surface area contributed by atoms with E-state index in [1.54, 1.807) is 6.08 Å². The number of rotatable bonds is 4. The van der Waals surface area contributed by atoms with Crippen molar-refractivity contribution in [3.05, 3.63) is 12.2 Å². The van der Waals surface area contributed by atoms with Crippen LogP contribution in [0.1, 0.15) is 6.42 Å². The Labute approximate surface area is 77.9 Å². The Morgan fingerprint density at radius 1 is 1.77 bits per heavy atom. The van der Waals surface area contributed by atoms with Crippen molar-refractivity contribution >= 4 is 5.97 Å². The van der Waals surface area contributed by atoms with E-state index in [-0.39, 0.29) is 0 Å². The average Bonchev–Trinajstić information content (AvgIpc) is 2.16. The molecular formula is C9H14N2O2. The minimum Gasteiger partial charge on any atom is -0.467 e. The molecule has 0 fully saturated rings. The summed E-state index contributed by atoms with van der Waals surface area (Å²) in [4.78, 5) is 11.1. The number of terminal acetylenes is 1. The first-order valence-electron chi connectivity index (χ1n) is 3.83. The molecule has 4 heteroatoms. The Morgan fingerprint density at radius 3 is 2.77 bits per heavy atom. The fourth-order valence-corrected chi connectivity index (χ4v) is 0.709. The van der Waals surface area contributed by atoms with Crippen LogP contribution in [-0.2, 0) is 9.53 Å². The summed E-state index contributed by atoms with van der Waals surface area (Å²) in [5, 5.41) is 0. The van der Waals surface area contributed by atoms with Gasteiger partial charge >= 0.3 is 5.97 Å². The zero-order chi connectivity index (χ0) is 10.3. The normalized spacial score (nSPS) is 14.9. The van der Waals surface area contributed by atoms with Crippen molar-refractivity contribution in [1.29, 1.82) is 0 Å². The van der Waals surface area contributed by atoms with Crippen molar-refractivity contribution in [1.82, 2.24) is 0 Å². The van der Waals surface area contributed by atoms with E-state index in [1.165, 1.54) is 13.2 Å². The van der Waals surface area contributed by atoms with Gasteiger partial charge in [-0.25, -0.2) is 4.79 Å². The lowest BCUT2D eigenvalue weighted by molar-refractivity contribution is -0.143. The van der Waals surface area contributed by atoms with E-state index in [0.717, 1.165) is 0 Å². The smallest absolute Gasteiger partial charge is 0.342 e. The van der Waals surface area contributed by atoms with E-state index in [4.69, 9.17) is 17.9 Å². The number of ether oxygens (including phenoxy) is 1. The lowest BCUT2D eigenvalue weighted by Gasteiger charge is -2.15. The number of esters is 1. The Kier molecular flexibility index (Phi) is 4.82. The van der Waals surface area contributed by atoms with Crippen LogP contribution in [0, 0.1) is 12.3 Å². The second kappa shape index (κ2) is 5.36. The number of hydrogen-bond acceptors (Lipinski definition) is 4. The molecular weight excluding hydrogens is 168 g/mol. The lowest BCUT2D eigenvalue weighted by atomic mass is 10.0. The van der Waals surface area contributed by atoms with Crippen molar-refractivity contribution in [2.45, 2.75) is 12.0 Å². The number of methoxy groups -OCH3 is 1. The largest absolute Gasteiger partial charge is 0.467 e. The van der Waals surface area contributed by atoms with Gasteiger partial charge in [0.2, 0.25) is 0 Å². The molecule has 1 atom stereocenters. The first kappa shape index (κ1) is 11.7. The van der Waals surface area contributed by atoms with Crippen LogP contribution in [-0.4, -0.2) is 25.2 Å². The standard InChI is InChI=1S/C9H14N2O2/c1-3-9(11,8(12)13-2)6-4-5-7-10/h1,4,6H,5,7,10-11H2,2H3. The quantitative estimate of drug-likeness (QED) is 0.345. The summed E-state index contributed by atoms with van der Waals surface area (Å²) in [5.74, 6) is 1.51. The van der Waals surface area contributed by atoms with Crippen molar-refractivity contribution in [2.75, 3.05) is 13.7 Å². The zero-order valence-electron chi connectivity index (χ0n) is 7.62. The zero-order valence-corrected chi connectivity index (χ0v) is 7.62. The van der Waals surface area contributed by atoms with Gasteiger partial charge < -0.3 is 16.2 Å². The van der Waals surface area contributed by atoms with Crippen LogP contribution in [0.2, 0.25) is 0 Å². The van der Waals surface area contributed by atoms with Crippen LogP contribution in [0.15, 0.2) is 12.2 Å². The second-order valence-corrected chi connectivity index (χ2v) is 2.48. The van der Waals surface area contributed by atoms with Gasteiger partial charge in [0.25, 0.3) is 0 Å². The highest BCUT2D eigenvalue weighted by molar-refractivity contribution is 5.87. The fourth-order valence-electron chi connectivity index (χ4n) is 0.709. The molecule has 0 aromatic rings. The summed E-state index contributed by atoms with van der Waals surface area (Å²) in [7, 11) is 1.23. The Balaban J connectivity index is 4.48. The van der Waals surface area contributed by atoms with E-state index in [0.29, 0.717) is 13.0 Å². The summed E-state index contributed by atoms with van der Waals surface area (Å²) >= 11 is 0. The van der Waals surface area contributed by atoms with Gasteiger partial charge in [0, 0.05) is 0 Å². The van der Waals surface area contributed by atoms with Crippen LogP contribution in [0.25, 0.3) is 0 Å². The molecule has 0 heterocycles. The monoisotopic (exact) mass is 182 g/mol. The molecule has 1 unspecified atom stereocenters. The Bertz CT molecular complexity index is 242. The van der Waals surface area contributed by atoms with E-state index in [2.05, 4.69) is 10.7 Å². The van der Waals surface area contributed by atoms with Crippen LogP contribution < -0.4 is 11.5 Å². The summed E-state index contributed by atoms with van der Waals surface area (Å²) in [6.07, 6.45) is 8.82. The molecule has 4 N–H and O–H groups in total. The van der Waals surface area contributed by atoms with Gasteiger partial charge in [-0.1, -0.05) is 12.0 Å². The third-order valence-corrected chi connectivity index (χ3v) is 1.48. The number of hydrogen-bond donors (Lipinski definition) is 2. The van der Waals surface area contributed by atoms with E-state index in [1.807, 2.05) is 0 Å². The predicted octanol–water partition coefficient (Wildman–Crippen LogP) is -0.605. The molecule has 4 nitrogen and oxygen atoms in total. The lowest BCUT2D eigenvalue weighted by Crippen LogP contribution is -2.45. The average molecular weight is 182 g/mol. The third kappa shape index (κ3) is 3.28. The summed E-state index contributed by atoms with van der Waals surface area (Å²) in [6.45, 7) is 0.484. The molecule has 0 saturated heterocycles. The number of carbonyl (C=O) groups is 1. The van der Waals surface area contributed by atoms with E-state index < -0.39 is 11.5 Å². The molecule has 72 valence electrons. The molecule has 0 bridgehead atoms. The topological polar surface area (TPSA) is 78.3 Å². The van der Waals surface area contributed by atoms with E-state index in [9.17, 15) is 4.79 Å². The maximum Gasteiger partial charge on any atom is 0.342 e. The van der Waals surface area contributed by atoms with Crippen molar-refractivity contribution in [2.24, 2.45) is 11.5 Å². The molecule has 0 saturated carbocycles. The maximum absolute atomic E-state index is 11.1. The van der Waals surface area contributed by atoms with E-state index >= 15 is 0 Å². The molecule has 0 aliphatic carbocycles. The van der Waals surface area contributed by atoms with Gasteiger partial charge in [-0.3, -0.25) is 0 Å². The summed E-state index contributed by atoms with van der Waals surface area (Å²) in [6, 6.07) is 0. The second-order valence-electron chi connectivity index (χ2n) is 2.48. The van der Waals surface area contributed by atoms with Crippen LogP contribution >= 0.6 is 0 Å². The molecule has 0 amide bonds. The summed E-state index contributed by atoms with van der Waals surface area (Å²) < 4.78 is 4.45. The van der Waals surface area contributed by atoms with Crippen LogP contribution in [0.3, 0.4) is 0 Å². The number of carbonyl (C=O) groups excluding carboxylic acids is 1. The van der Waals surface area contributed by atoms with Crippen molar-refractivity contribution < 1.29 is 9.53 Å². The number of nitrogens with two attached hydrogens (primary N) is 2. The fraction of sp³-hybridized carbons (Fsp3) is 0.444. The molecule has 0 rings (SSSR count).